The summed E-state index contributed by atoms with van der Waals surface area (Å²) in [5.74, 6) is 1.28. The van der Waals surface area contributed by atoms with Crippen LogP contribution in [0.2, 0.25) is 4.34 Å². The summed E-state index contributed by atoms with van der Waals surface area (Å²) in [6.07, 6.45) is 3.90. The molecule has 1 aromatic carbocycles. The van der Waals surface area contributed by atoms with Gasteiger partial charge in [0.15, 0.2) is 5.76 Å². The number of benzene rings is 1. The molecule has 3 aromatic heterocycles. The lowest BCUT2D eigenvalue weighted by Crippen LogP contribution is -2.58. The Balaban J connectivity index is 1.19. The van der Waals surface area contributed by atoms with E-state index in [0.717, 1.165) is 53.2 Å². The van der Waals surface area contributed by atoms with E-state index >= 15 is 0 Å². The van der Waals surface area contributed by atoms with Crippen molar-refractivity contribution < 1.29 is 9.32 Å². The second-order valence-electron chi connectivity index (χ2n) is 9.75. The van der Waals surface area contributed by atoms with Gasteiger partial charge in [-0.15, -0.1) is 11.3 Å². The van der Waals surface area contributed by atoms with E-state index in [9.17, 15) is 4.79 Å². The van der Waals surface area contributed by atoms with Gasteiger partial charge >= 0.3 is 0 Å². The number of fused-ring (bicyclic) bond motifs is 1. The zero-order valence-electron chi connectivity index (χ0n) is 20.3. The Hall–Kier alpha value is -3.05. The molecule has 1 atom stereocenters. The molecule has 9 nitrogen and oxygen atoms in total. The summed E-state index contributed by atoms with van der Waals surface area (Å²) in [7, 11) is 0. The van der Waals surface area contributed by atoms with Gasteiger partial charge in [-0.05, 0) is 55.8 Å². The molecule has 0 radical (unpaired) electrons. The standard InChI is InChI=1S/C26H28ClN7O2S/c27-24-6-5-23(37-24)22-10-18(31-36-22)12-33-14-19(13-32-7-1-2-8-32)34(25(35)15-33)11-17-3-4-20-21(9-17)29-16-30-26(20)28/h3-6,9-10,16,19H,1-2,7-8,11-15H2,(H2,28,29,30)/t19-/m0/s1. The summed E-state index contributed by atoms with van der Waals surface area (Å²) in [5, 5.41) is 5.09. The zero-order chi connectivity index (χ0) is 25.4. The largest absolute Gasteiger partial charge is 0.383 e. The maximum absolute atomic E-state index is 13.5. The number of piperazine rings is 1. The normalized spacial score (nSPS) is 19.3. The van der Waals surface area contributed by atoms with E-state index in [1.54, 1.807) is 0 Å². The van der Waals surface area contributed by atoms with Crippen LogP contribution in [-0.2, 0) is 17.9 Å². The van der Waals surface area contributed by atoms with Crippen LogP contribution < -0.4 is 5.73 Å². The number of amides is 1. The Morgan fingerprint density at radius 3 is 2.76 bits per heavy atom. The first-order valence-electron chi connectivity index (χ1n) is 12.5. The van der Waals surface area contributed by atoms with Crippen LogP contribution >= 0.6 is 22.9 Å². The van der Waals surface area contributed by atoms with E-state index in [4.69, 9.17) is 21.9 Å². The number of aromatic nitrogens is 3. The highest BCUT2D eigenvalue weighted by Crippen LogP contribution is 2.32. The van der Waals surface area contributed by atoms with Gasteiger partial charge in [0.25, 0.3) is 0 Å². The smallest absolute Gasteiger partial charge is 0.237 e. The summed E-state index contributed by atoms with van der Waals surface area (Å²) < 4.78 is 6.27. The van der Waals surface area contributed by atoms with Gasteiger partial charge in [0, 0.05) is 37.6 Å². The van der Waals surface area contributed by atoms with Gasteiger partial charge in [0.2, 0.25) is 5.91 Å². The lowest BCUT2D eigenvalue weighted by atomic mass is 10.1. The van der Waals surface area contributed by atoms with Crippen molar-refractivity contribution in [2.75, 3.05) is 38.5 Å². The SMILES string of the molecule is Nc1ncnc2cc(CN3C(=O)CN(Cc4cc(-c5ccc(Cl)s5)on4)C[C@@H]3CN3CCCC3)ccc12. The van der Waals surface area contributed by atoms with Crippen LogP contribution in [0.4, 0.5) is 5.82 Å². The number of hydrogen-bond acceptors (Lipinski definition) is 9. The number of hydrogen-bond donors (Lipinski definition) is 1. The van der Waals surface area contributed by atoms with Crippen LogP contribution in [0.25, 0.3) is 21.5 Å². The van der Waals surface area contributed by atoms with E-state index in [-0.39, 0.29) is 11.9 Å². The fourth-order valence-electron chi connectivity index (χ4n) is 5.30. The van der Waals surface area contributed by atoms with Gasteiger partial charge in [0.1, 0.15) is 12.1 Å². The van der Waals surface area contributed by atoms with Crippen LogP contribution in [0.15, 0.2) is 47.2 Å². The molecule has 2 N–H and O–H groups in total. The number of nitrogen functional groups attached to an aromatic ring is 1. The van der Waals surface area contributed by atoms with E-state index in [2.05, 4.69) is 24.9 Å². The van der Waals surface area contributed by atoms with Crippen molar-refractivity contribution in [3.05, 3.63) is 58.3 Å². The third kappa shape index (κ3) is 5.33. The third-order valence-corrected chi connectivity index (χ3v) is 8.35. The van der Waals surface area contributed by atoms with Crippen molar-refractivity contribution in [3.63, 3.8) is 0 Å². The fraction of sp³-hybridized carbons (Fsp3) is 0.385. The molecular weight excluding hydrogens is 510 g/mol. The average molecular weight is 538 g/mol. The molecule has 11 heteroatoms. The van der Waals surface area contributed by atoms with Crippen molar-refractivity contribution in [3.8, 4) is 10.6 Å². The molecule has 2 aliphatic heterocycles. The number of halogens is 1. The molecule has 0 saturated carbocycles. The maximum atomic E-state index is 13.5. The van der Waals surface area contributed by atoms with Crippen molar-refractivity contribution in [1.82, 2.24) is 29.8 Å². The highest BCUT2D eigenvalue weighted by Gasteiger charge is 2.34. The molecule has 1 amide bonds. The average Bonchev–Trinajstić information content (AvgIpc) is 3.64. The lowest BCUT2D eigenvalue weighted by molar-refractivity contribution is -0.141. The number of carbonyl (C=O) groups is 1. The van der Waals surface area contributed by atoms with Gasteiger partial charge in [-0.25, -0.2) is 9.97 Å². The third-order valence-electron chi connectivity index (χ3n) is 7.10. The highest BCUT2D eigenvalue weighted by molar-refractivity contribution is 7.19. The van der Waals surface area contributed by atoms with Crippen molar-refractivity contribution in [1.29, 1.82) is 0 Å². The van der Waals surface area contributed by atoms with Gasteiger partial charge in [-0.1, -0.05) is 22.8 Å². The summed E-state index contributed by atoms with van der Waals surface area (Å²) in [6.45, 7) is 5.25. The number of likely N-dealkylation sites (tertiary alicyclic amines) is 1. The summed E-state index contributed by atoms with van der Waals surface area (Å²) in [4.78, 5) is 29.6. The highest BCUT2D eigenvalue weighted by atomic mass is 35.5. The first-order valence-corrected chi connectivity index (χ1v) is 13.7. The molecule has 0 spiro atoms. The van der Waals surface area contributed by atoms with Crippen LogP contribution in [0.5, 0.6) is 0 Å². The van der Waals surface area contributed by atoms with Crippen molar-refractivity contribution >= 4 is 45.6 Å². The molecule has 0 aliphatic carbocycles. The fourth-order valence-corrected chi connectivity index (χ4v) is 6.29. The molecule has 2 saturated heterocycles. The Kier molecular flexibility index (Phi) is 6.81. The minimum absolute atomic E-state index is 0.0768. The Morgan fingerprint density at radius 1 is 1.08 bits per heavy atom. The molecule has 4 aromatic rings. The van der Waals surface area contributed by atoms with Crippen molar-refractivity contribution in [2.45, 2.75) is 32.0 Å². The van der Waals surface area contributed by atoms with E-state index in [0.29, 0.717) is 35.5 Å². The molecule has 0 unspecified atom stereocenters. The van der Waals surface area contributed by atoms with Crippen LogP contribution in [-0.4, -0.2) is 74.5 Å². The van der Waals surface area contributed by atoms with Crippen LogP contribution in [0, 0.1) is 0 Å². The van der Waals surface area contributed by atoms with E-state index < -0.39 is 0 Å². The van der Waals surface area contributed by atoms with Crippen LogP contribution in [0.1, 0.15) is 24.1 Å². The van der Waals surface area contributed by atoms with Crippen molar-refractivity contribution in [2.24, 2.45) is 0 Å². The number of nitrogens with zero attached hydrogens (tertiary/aromatic N) is 6. The minimum Gasteiger partial charge on any atom is -0.383 e. The lowest BCUT2D eigenvalue weighted by Gasteiger charge is -2.42. The second-order valence-corrected chi connectivity index (χ2v) is 11.5. The van der Waals surface area contributed by atoms with Gasteiger partial charge in [0.05, 0.1) is 33.0 Å². The zero-order valence-corrected chi connectivity index (χ0v) is 21.9. The van der Waals surface area contributed by atoms with Crippen LogP contribution in [0.3, 0.4) is 0 Å². The second kappa shape index (κ2) is 10.4. The number of carbonyl (C=O) groups excluding carboxylic acids is 1. The molecule has 0 bridgehead atoms. The van der Waals surface area contributed by atoms with E-state index in [1.165, 1.54) is 30.5 Å². The molecule has 2 aliphatic rings. The molecule has 2 fully saturated rings. The molecule has 6 rings (SSSR count). The number of rotatable bonds is 7. The molecule has 192 valence electrons. The Bertz CT molecular complexity index is 1420. The first kappa shape index (κ1) is 24.3. The monoisotopic (exact) mass is 537 g/mol. The molecule has 37 heavy (non-hydrogen) atoms. The topological polar surface area (TPSA) is 105 Å². The molecular formula is C26H28ClN7O2S. The maximum Gasteiger partial charge on any atom is 0.237 e. The minimum atomic E-state index is 0.0768. The van der Waals surface area contributed by atoms with Gasteiger partial charge in [-0.3, -0.25) is 9.69 Å². The number of anilines is 1. The number of thiophene rings is 1. The molecule has 5 heterocycles. The summed E-state index contributed by atoms with van der Waals surface area (Å²) in [6, 6.07) is 11.8. The predicted molar refractivity (Wildman–Crippen MR) is 144 cm³/mol. The summed E-state index contributed by atoms with van der Waals surface area (Å²) in [5.41, 5.74) is 8.64. The predicted octanol–water partition coefficient (Wildman–Crippen LogP) is 3.89. The first-order chi connectivity index (χ1) is 18.0. The van der Waals surface area contributed by atoms with Gasteiger partial charge in [-0.2, -0.15) is 0 Å². The Morgan fingerprint density at radius 2 is 1.95 bits per heavy atom. The number of nitrogens with two attached hydrogens (primary N) is 1. The van der Waals surface area contributed by atoms with Gasteiger partial charge < -0.3 is 20.1 Å². The van der Waals surface area contributed by atoms with E-state index in [1.807, 2.05) is 41.3 Å². The quantitative estimate of drug-likeness (QED) is 0.378. The summed E-state index contributed by atoms with van der Waals surface area (Å²) >= 11 is 7.53. The Labute approximate surface area is 223 Å².